The molecular weight excluding hydrogens is 329 g/mol. The lowest BCUT2D eigenvalue weighted by Crippen LogP contribution is -2.30. The summed E-state index contributed by atoms with van der Waals surface area (Å²) < 4.78 is 21.7. The summed E-state index contributed by atoms with van der Waals surface area (Å²) in [4.78, 5) is 12.5. The number of hydrogen-bond donors (Lipinski definition) is 3. The molecule has 1 aliphatic heterocycles. The Morgan fingerprint density at radius 3 is 2.68 bits per heavy atom. The monoisotopic (exact) mass is 345 g/mol. The highest BCUT2D eigenvalue weighted by molar-refractivity contribution is 5.85. The highest BCUT2D eigenvalue weighted by Crippen LogP contribution is 2.37. The number of nitrogens with zero attached hydrogens (tertiary/aromatic N) is 4. The molecule has 4 N–H and O–H groups in total. The van der Waals surface area contributed by atoms with Gasteiger partial charge in [-0.3, -0.25) is 4.57 Å². The number of hydrogen-bond acceptors (Lipinski definition) is 7. The maximum Gasteiger partial charge on any atom is 0.173 e. The maximum atomic E-state index is 14.7. The largest absolute Gasteiger partial charge is 0.394 e. The number of benzene rings is 1. The molecule has 8 nitrogen and oxygen atoms in total. The molecule has 3 aromatic rings. The summed E-state index contributed by atoms with van der Waals surface area (Å²) in [6.45, 7) is -0.498. The van der Waals surface area contributed by atoms with Crippen molar-refractivity contribution >= 4 is 17.0 Å². The van der Waals surface area contributed by atoms with Gasteiger partial charge in [0, 0.05) is 5.56 Å². The lowest BCUT2D eigenvalue weighted by Gasteiger charge is -2.18. The summed E-state index contributed by atoms with van der Waals surface area (Å²) in [6, 6.07) is 9.11. The second kappa shape index (κ2) is 6.03. The van der Waals surface area contributed by atoms with Gasteiger partial charge in [0.2, 0.25) is 0 Å². The Morgan fingerprint density at radius 1 is 1.24 bits per heavy atom. The summed E-state index contributed by atoms with van der Waals surface area (Å²) >= 11 is 0. The molecule has 4 rings (SSSR count). The first-order valence-corrected chi connectivity index (χ1v) is 7.74. The van der Waals surface area contributed by atoms with Gasteiger partial charge in [0.25, 0.3) is 0 Å². The summed E-state index contributed by atoms with van der Waals surface area (Å²) in [5.74, 6) is 0.551. The Balaban J connectivity index is 1.94. The minimum atomic E-state index is -1.76. The fourth-order valence-corrected chi connectivity index (χ4v) is 3.02. The van der Waals surface area contributed by atoms with Gasteiger partial charge < -0.3 is 20.7 Å². The van der Waals surface area contributed by atoms with Crippen LogP contribution in [0.3, 0.4) is 0 Å². The first-order chi connectivity index (χ1) is 12.1. The number of aliphatic hydroxyl groups excluding tert-OH is 2. The molecule has 2 aromatic heterocycles. The van der Waals surface area contributed by atoms with Gasteiger partial charge in [-0.1, -0.05) is 30.3 Å². The zero-order chi connectivity index (χ0) is 17.6. The van der Waals surface area contributed by atoms with Crippen LogP contribution < -0.4 is 5.73 Å². The summed E-state index contributed by atoms with van der Waals surface area (Å²) in [6.07, 6.45) is -4.17. The molecule has 0 aliphatic carbocycles. The van der Waals surface area contributed by atoms with Crippen LogP contribution in [0, 0.1) is 0 Å². The van der Waals surface area contributed by atoms with E-state index in [0.717, 1.165) is 0 Å². The number of alkyl halides is 1. The van der Waals surface area contributed by atoms with Gasteiger partial charge in [-0.15, -0.1) is 0 Å². The van der Waals surface area contributed by atoms with Crippen molar-refractivity contribution in [3.63, 3.8) is 0 Å². The van der Waals surface area contributed by atoms with Crippen LogP contribution in [0.2, 0.25) is 0 Å². The van der Waals surface area contributed by atoms with E-state index in [1.54, 1.807) is 0 Å². The summed E-state index contributed by atoms with van der Waals surface area (Å²) in [7, 11) is 0. The molecule has 1 aromatic carbocycles. The third-order valence-corrected chi connectivity index (χ3v) is 4.27. The van der Waals surface area contributed by atoms with Gasteiger partial charge in [0.05, 0.1) is 6.61 Å². The third kappa shape index (κ3) is 2.44. The predicted octanol–water partition coefficient (Wildman–Crippen LogP) is 0.664. The molecular formula is C16H16FN5O3. The lowest BCUT2D eigenvalue weighted by molar-refractivity contribution is -0.0453. The molecule has 1 saturated heterocycles. The van der Waals surface area contributed by atoms with Gasteiger partial charge in [0.1, 0.15) is 24.4 Å². The lowest BCUT2D eigenvalue weighted by atomic mass is 10.1. The zero-order valence-electron chi connectivity index (χ0n) is 13.0. The number of ether oxygens (including phenoxy) is 1. The van der Waals surface area contributed by atoms with Crippen LogP contribution in [-0.2, 0) is 4.74 Å². The van der Waals surface area contributed by atoms with Crippen LogP contribution in [-0.4, -0.2) is 54.7 Å². The molecule has 130 valence electrons. The number of anilines is 1. The minimum Gasteiger partial charge on any atom is -0.394 e. The van der Waals surface area contributed by atoms with Crippen molar-refractivity contribution < 1.29 is 19.3 Å². The Labute approximate surface area is 141 Å². The molecule has 0 radical (unpaired) electrons. The number of aromatic nitrogens is 4. The highest BCUT2D eigenvalue weighted by Gasteiger charge is 2.46. The van der Waals surface area contributed by atoms with Crippen molar-refractivity contribution in [1.29, 1.82) is 0 Å². The average molecular weight is 345 g/mol. The van der Waals surface area contributed by atoms with E-state index in [1.165, 1.54) is 10.9 Å². The van der Waals surface area contributed by atoms with Gasteiger partial charge >= 0.3 is 0 Å². The number of halogens is 1. The van der Waals surface area contributed by atoms with Crippen molar-refractivity contribution in [2.45, 2.75) is 24.6 Å². The Hall–Kier alpha value is -2.62. The van der Waals surface area contributed by atoms with E-state index >= 15 is 0 Å². The Bertz CT molecular complexity index is 903. The number of aliphatic hydroxyl groups is 2. The van der Waals surface area contributed by atoms with E-state index in [2.05, 4.69) is 15.0 Å². The maximum absolute atomic E-state index is 14.7. The molecule has 25 heavy (non-hydrogen) atoms. The first-order valence-electron chi connectivity index (χ1n) is 7.74. The average Bonchev–Trinajstić information content (AvgIpc) is 3.15. The quantitative estimate of drug-likeness (QED) is 0.638. The van der Waals surface area contributed by atoms with E-state index in [4.69, 9.17) is 10.5 Å². The van der Waals surface area contributed by atoms with E-state index in [9.17, 15) is 14.6 Å². The fraction of sp³-hybridized carbons (Fsp3) is 0.312. The first kappa shape index (κ1) is 15.9. The second-order valence-corrected chi connectivity index (χ2v) is 5.79. The van der Waals surface area contributed by atoms with Crippen LogP contribution in [0.1, 0.15) is 6.23 Å². The number of nitrogens with two attached hydrogens (primary N) is 1. The van der Waals surface area contributed by atoms with Crippen LogP contribution in [0.5, 0.6) is 0 Å². The molecule has 0 saturated carbocycles. The smallest absolute Gasteiger partial charge is 0.173 e. The van der Waals surface area contributed by atoms with Crippen molar-refractivity contribution in [1.82, 2.24) is 19.5 Å². The number of nitrogen functional groups attached to an aromatic ring is 1. The van der Waals surface area contributed by atoms with Gasteiger partial charge in [-0.25, -0.2) is 19.3 Å². The Morgan fingerprint density at radius 2 is 2.00 bits per heavy atom. The molecule has 4 atom stereocenters. The van der Waals surface area contributed by atoms with Crippen LogP contribution in [0.25, 0.3) is 22.6 Å². The summed E-state index contributed by atoms with van der Waals surface area (Å²) in [5.41, 5.74) is 7.20. The highest BCUT2D eigenvalue weighted by atomic mass is 19.1. The zero-order valence-corrected chi connectivity index (χ0v) is 13.0. The van der Waals surface area contributed by atoms with Crippen LogP contribution in [0.15, 0.2) is 36.7 Å². The predicted molar refractivity (Wildman–Crippen MR) is 87.1 cm³/mol. The van der Waals surface area contributed by atoms with Crippen LogP contribution >= 0.6 is 0 Å². The SMILES string of the molecule is Nc1ncnc2c1nc(-c1ccccc1)n2[C@@H]1O[C@H](CO)[C@@H](O)[C@H]1F. The number of fused-ring (bicyclic) bond motifs is 1. The van der Waals surface area contributed by atoms with E-state index < -0.39 is 31.2 Å². The Kier molecular flexibility index (Phi) is 3.83. The van der Waals surface area contributed by atoms with E-state index in [-0.39, 0.29) is 5.82 Å². The van der Waals surface area contributed by atoms with Crippen LogP contribution in [0.4, 0.5) is 10.2 Å². The standard InChI is InChI=1S/C16H16FN5O3/c17-10-12(24)9(6-23)25-16(10)22-14(8-4-2-1-3-5-8)21-11-13(18)19-7-20-15(11)22/h1-5,7,9-10,12,16,23-24H,6H2,(H2,18,19,20)/t9-,10-,12-,16-/m1/s1. The van der Waals surface area contributed by atoms with E-state index in [1.807, 2.05) is 30.3 Å². The fourth-order valence-electron chi connectivity index (χ4n) is 3.02. The minimum absolute atomic E-state index is 0.161. The molecule has 0 bridgehead atoms. The summed E-state index contributed by atoms with van der Waals surface area (Å²) in [5, 5.41) is 19.3. The normalized spacial score (nSPS) is 26.4. The number of imidazole rings is 1. The van der Waals surface area contributed by atoms with Crippen molar-refractivity contribution in [3.05, 3.63) is 36.7 Å². The van der Waals surface area contributed by atoms with Crippen molar-refractivity contribution in [3.8, 4) is 11.4 Å². The third-order valence-electron chi connectivity index (χ3n) is 4.27. The molecule has 1 fully saturated rings. The second-order valence-electron chi connectivity index (χ2n) is 5.79. The molecule has 0 amide bonds. The van der Waals surface area contributed by atoms with Gasteiger partial charge in [-0.2, -0.15) is 0 Å². The van der Waals surface area contributed by atoms with Crippen molar-refractivity contribution in [2.75, 3.05) is 12.3 Å². The van der Waals surface area contributed by atoms with E-state index in [0.29, 0.717) is 22.6 Å². The molecule has 9 heteroatoms. The topological polar surface area (TPSA) is 119 Å². The molecule has 0 spiro atoms. The number of rotatable bonds is 3. The molecule has 0 unspecified atom stereocenters. The molecule has 1 aliphatic rings. The van der Waals surface area contributed by atoms with Gasteiger partial charge in [-0.05, 0) is 0 Å². The van der Waals surface area contributed by atoms with Crippen molar-refractivity contribution in [2.24, 2.45) is 0 Å². The van der Waals surface area contributed by atoms with Gasteiger partial charge in [0.15, 0.2) is 29.4 Å². The molecule has 3 heterocycles.